The second kappa shape index (κ2) is 9.56. The van der Waals surface area contributed by atoms with Crippen LogP contribution in [0.3, 0.4) is 0 Å². The number of fused-ring (bicyclic) bond motifs is 3. The molecule has 0 unspecified atom stereocenters. The SMILES string of the molecule is O=C(Nc1cccc(-c2cnc(C3CC3)o2)c1CC12CCC(c3nc(C4CC4)no3)(CC1)CC2)C1CCCCC1. The van der Waals surface area contributed by atoms with Crippen LogP contribution in [0, 0.1) is 11.3 Å². The molecule has 0 saturated heterocycles. The van der Waals surface area contributed by atoms with Gasteiger partial charge >= 0.3 is 0 Å². The van der Waals surface area contributed by atoms with Crippen LogP contribution in [0.15, 0.2) is 33.3 Å². The Kier molecular flexibility index (Phi) is 5.93. The number of hydrogen-bond donors (Lipinski definition) is 1. The molecule has 6 aliphatic rings. The van der Waals surface area contributed by atoms with Crippen molar-refractivity contribution in [2.45, 2.75) is 120 Å². The standard InChI is InChI=1S/C33H40N4O3/c38-29(22-5-2-1-3-6-22)35-26-8-4-7-24(27-20-34-30(39-27)23-11-12-23)25(26)19-32-13-16-33(17-14-32,18-15-32)31-36-28(37-40-31)21-9-10-21/h4,7-8,20-23H,1-3,5-6,9-19H2,(H,35,38). The normalized spacial score (nSPS) is 28.6. The Morgan fingerprint density at radius 1 is 0.925 bits per heavy atom. The molecule has 0 spiro atoms. The van der Waals surface area contributed by atoms with Crippen LogP contribution in [-0.2, 0) is 16.6 Å². The zero-order valence-corrected chi connectivity index (χ0v) is 23.4. The molecule has 2 heterocycles. The van der Waals surface area contributed by atoms with Gasteiger partial charge in [-0.25, -0.2) is 4.98 Å². The molecule has 40 heavy (non-hydrogen) atoms. The largest absolute Gasteiger partial charge is 0.440 e. The number of hydrogen-bond acceptors (Lipinski definition) is 6. The number of carbonyl (C=O) groups excluding carboxylic acids is 1. The molecule has 1 N–H and O–H groups in total. The molecule has 0 atom stereocenters. The van der Waals surface area contributed by atoms with Crippen molar-refractivity contribution in [2.75, 3.05) is 5.32 Å². The van der Waals surface area contributed by atoms with E-state index in [-0.39, 0.29) is 22.7 Å². The molecule has 210 valence electrons. The van der Waals surface area contributed by atoms with Crippen LogP contribution in [0.5, 0.6) is 0 Å². The van der Waals surface area contributed by atoms with E-state index in [1.54, 1.807) is 0 Å². The Balaban J connectivity index is 1.08. The molecule has 7 nitrogen and oxygen atoms in total. The highest BCUT2D eigenvalue weighted by Gasteiger charge is 2.52. The summed E-state index contributed by atoms with van der Waals surface area (Å²) in [5.74, 6) is 4.81. The topological polar surface area (TPSA) is 94.1 Å². The maximum Gasteiger partial charge on any atom is 0.232 e. The highest BCUT2D eigenvalue weighted by atomic mass is 16.5. The van der Waals surface area contributed by atoms with Crippen molar-refractivity contribution in [3.8, 4) is 11.3 Å². The Morgan fingerprint density at radius 2 is 1.68 bits per heavy atom. The minimum absolute atomic E-state index is 0.0452. The minimum Gasteiger partial charge on any atom is -0.440 e. The van der Waals surface area contributed by atoms with E-state index in [0.29, 0.717) is 11.8 Å². The van der Waals surface area contributed by atoms with Gasteiger partial charge in [0.2, 0.25) is 11.8 Å². The Bertz CT molecular complexity index is 1380. The van der Waals surface area contributed by atoms with Crippen LogP contribution < -0.4 is 5.32 Å². The quantitative estimate of drug-likeness (QED) is 0.313. The Hall–Kier alpha value is -2.96. The maximum absolute atomic E-state index is 13.4. The van der Waals surface area contributed by atoms with Gasteiger partial charge in [0.25, 0.3) is 0 Å². The highest BCUT2D eigenvalue weighted by Crippen LogP contribution is 2.59. The summed E-state index contributed by atoms with van der Waals surface area (Å²) >= 11 is 0. The smallest absolute Gasteiger partial charge is 0.232 e. The van der Waals surface area contributed by atoms with Crippen LogP contribution in [0.25, 0.3) is 11.3 Å². The first kappa shape index (κ1) is 24.8. The number of amides is 1. The van der Waals surface area contributed by atoms with Gasteiger partial charge in [-0.05, 0) is 101 Å². The highest BCUT2D eigenvalue weighted by molar-refractivity contribution is 5.94. The Morgan fingerprint density at radius 3 is 2.40 bits per heavy atom. The van der Waals surface area contributed by atoms with E-state index in [2.05, 4.69) is 33.7 Å². The predicted octanol–water partition coefficient (Wildman–Crippen LogP) is 7.83. The third-order valence-electron chi connectivity index (χ3n) is 10.9. The number of aromatic nitrogens is 3. The molecule has 0 aliphatic heterocycles. The second-order valence-corrected chi connectivity index (χ2v) is 13.7. The van der Waals surface area contributed by atoms with Gasteiger partial charge in [0, 0.05) is 34.4 Å². The van der Waals surface area contributed by atoms with Gasteiger partial charge < -0.3 is 14.3 Å². The number of carbonyl (C=O) groups is 1. The third-order valence-corrected chi connectivity index (χ3v) is 10.9. The molecule has 0 radical (unpaired) electrons. The van der Waals surface area contributed by atoms with Gasteiger partial charge in [-0.1, -0.05) is 36.6 Å². The van der Waals surface area contributed by atoms with Gasteiger partial charge in [-0.15, -0.1) is 0 Å². The van der Waals surface area contributed by atoms with Crippen molar-refractivity contribution in [2.24, 2.45) is 11.3 Å². The van der Waals surface area contributed by atoms with Crippen LogP contribution in [0.4, 0.5) is 5.69 Å². The summed E-state index contributed by atoms with van der Waals surface area (Å²) in [6.45, 7) is 0. The molecular formula is C33H40N4O3. The van der Waals surface area contributed by atoms with Crippen molar-refractivity contribution in [1.82, 2.24) is 15.1 Å². The first-order valence-electron chi connectivity index (χ1n) is 15.8. The fourth-order valence-corrected chi connectivity index (χ4v) is 7.84. The van der Waals surface area contributed by atoms with Gasteiger partial charge in [0.15, 0.2) is 17.5 Å². The lowest BCUT2D eigenvalue weighted by Crippen LogP contribution is -2.45. The summed E-state index contributed by atoms with van der Waals surface area (Å²) in [7, 11) is 0. The molecule has 9 rings (SSSR count). The van der Waals surface area contributed by atoms with E-state index >= 15 is 0 Å². The molecule has 6 aliphatic carbocycles. The maximum atomic E-state index is 13.4. The molecule has 1 aromatic carbocycles. The number of nitrogens with one attached hydrogen (secondary N) is 1. The van der Waals surface area contributed by atoms with Crippen LogP contribution in [0.2, 0.25) is 0 Å². The van der Waals surface area contributed by atoms with Crippen molar-refractivity contribution < 1.29 is 13.7 Å². The Labute approximate surface area is 235 Å². The first-order valence-corrected chi connectivity index (χ1v) is 15.8. The molecular weight excluding hydrogens is 500 g/mol. The summed E-state index contributed by atoms with van der Waals surface area (Å²) in [4.78, 5) is 22.9. The fourth-order valence-electron chi connectivity index (χ4n) is 7.84. The number of rotatable bonds is 8. The third kappa shape index (κ3) is 4.50. The van der Waals surface area contributed by atoms with Crippen LogP contribution in [-0.4, -0.2) is 21.0 Å². The zero-order valence-electron chi connectivity index (χ0n) is 23.4. The van der Waals surface area contributed by atoms with Gasteiger partial charge in [-0.2, -0.15) is 4.98 Å². The van der Waals surface area contributed by atoms with Crippen LogP contribution >= 0.6 is 0 Å². The lowest BCUT2D eigenvalue weighted by atomic mass is 9.52. The number of oxazole rings is 1. The second-order valence-electron chi connectivity index (χ2n) is 13.7. The van der Waals surface area contributed by atoms with Crippen molar-refractivity contribution in [3.05, 3.63) is 47.6 Å². The molecule has 2 aromatic heterocycles. The number of anilines is 1. The average Bonchev–Trinajstić information content (AvgIpc) is 3.94. The number of nitrogens with zero attached hydrogens (tertiary/aromatic N) is 3. The van der Waals surface area contributed by atoms with E-state index < -0.39 is 0 Å². The summed E-state index contributed by atoms with van der Waals surface area (Å²) in [6.07, 6.45) is 19.8. The van der Waals surface area contributed by atoms with Gasteiger partial charge in [0.1, 0.15) is 0 Å². The number of benzene rings is 1. The first-order chi connectivity index (χ1) is 19.6. The summed E-state index contributed by atoms with van der Waals surface area (Å²) in [5.41, 5.74) is 3.52. The van der Waals surface area contributed by atoms with Crippen LogP contribution in [0.1, 0.15) is 131 Å². The zero-order chi connectivity index (χ0) is 26.7. The lowest BCUT2D eigenvalue weighted by molar-refractivity contribution is -0.120. The summed E-state index contributed by atoms with van der Waals surface area (Å²) in [5, 5.41) is 7.74. The van der Waals surface area contributed by atoms with E-state index in [1.165, 1.54) is 24.8 Å². The van der Waals surface area contributed by atoms with E-state index in [0.717, 1.165) is 118 Å². The molecule has 3 aromatic rings. The predicted molar refractivity (Wildman–Crippen MR) is 151 cm³/mol. The molecule has 6 fully saturated rings. The van der Waals surface area contributed by atoms with Gasteiger partial charge in [0.05, 0.1) is 6.20 Å². The average molecular weight is 541 g/mol. The van der Waals surface area contributed by atoms with Crippen molar-refractivity contribution in [1.29, 1.82) is 0 Å². The van der Waals surface area contributed by atoms with Crippen molar-refractivity contribution >= 4 is 11.6 Å². The summed E-state index contributed by atoms with van der Waals surface area (Å²) in [6, 6.07) is 6.32. The minimum atomic E-state index is 0.0452. The summed E-state index contributed by atoms with van der Waals surface area (Å²) < 4.78 is 12.2. The van der Waals surface area contributed by atoms with Crippen molar-refractivity contribution in [3.63, 3.8) is 0 Å². The van der Waals surface area contributed by atoms with Gasteiger partial charge in [-0.3, -0.25) is 4.79 Å². The lowest BCUT2D eigenvalue weighted by Gasteiger charge is -2.52. The monoisotopic (exact) mass is 540 g/mol. The molecule has 7 heteroatoms. The molecule has 6 saturated carbocycles. The molecule has 1 amide bonds. The van der Waals surface area contributed by atoms with E-state index in [1.807, 2.05) is 6.20 Å². The molecule has 2 bridgehead atoms. The fraction of sp³-hybridized carbons (Fsp3) is 0.636. The van der Waals surface area contributed by atoms with E-state index in [9.17, 15) is 4.79 Å². The van der Waals surface area contributed by atoms with E-state index in [4.69, 9.17) is 13.9 Å².